The zero-order valence-electron chi connectivity index (χ0n) is 16.4. The number of para-hydroxylation sites is 2. The molecule has 2 heterocycles. The molecule has 6 rings (SSSR count). The molecule has 1 N–H and O–H groups in total. The summed E-state index contributed by atoms with van der Waals surface area (Å²) in [7, 11) is 0. The SMILES string of the molecule is O=C1c2ccccc2N[C@]2(C(=O)N(Cc3ccccc3)c3ccccc32)N1C1CC1. The van der Waals surface area contributed by atoms with Gasteiger partial charge in [-0.05, 0) is 36.6 Å². The molecule has 1 atom stereocenters. The Morgan fingerprint density at radius 1 is 0.867 bits per heavy atom. The van der Waals surface area contributed by atoms with Crippen LogP contribution in [0.1, 0.15) is 34.3 Å². The van der Waals surface area contributed by atoms with E-state index in [1.165, 1.54) is 0 Å². The Balaban J connectivity index is 1.54. The van der Waals surface area contributed by atoms with E-state index in [1.54, 1.807) is 0 Å². The molecule has 2 aliphatic heterocycles. The molecule has 0 radical (unpaired) electrons. The molecule has 30 heavy (non-hydrogen) atoms. The van der Waals surface area contributed by atoms with Gasteiger partial charge < -0.3 is 15.1 Å². The van der Waals surface area contributed by atoms with Crippen LogP contribution in [-0.2, 0) is 17.0 Å². The molecule has 2 amide bonds. The fraction of sp³-hybridized carbons (Fsp3) is 0.200. The fourth-order valence-electron chi connectivity index (χ4n) is 4.80. The van der Waals surface area contributed by atoms with E-state index in [4.69, 9.17) is 0 Å². The van der Waals surface area contributed by atoms with Gasteiger partial charge in [-0.15, -0.1) is 0 Å². The highest BCUT2D eigenvalue weighted by molar-refractivity contribution is 6.15. The Labute approximate surface area is 174 Å². The molecule has 3 aromatic carbocycles. The summed E-state index contributed by atoms with van der Waals surface area (Å²) in [5.41, 5.74) is 2.90. The van der Waals surface area contributed by atoms with E-state index in [0.717, 1.165) is 29.7 Å². The van der Waals surface area contributed by atoms with E-state index >= 15 is 0 Å². The van der Waals surface area contributed by atoms with Crippen LogP contribution in [0.2, 0.25) is 0 Å². The topological polar surface area (TPSA) is 52.7 Å². The fourth-order valence-corrected chi connectivity index (χ4v) is 4.80. The lowest BCUT2D eigenvalue weighted by Gasteiger charge is -2.45. The number of hydrogen-bond acceptors (Lipinski definition) is 3. The van der Waals surface area contributed by atoms with Gasteiger partial charge in [0.15, 0.2) is 0 Å². The maximum atomic E-state index is 14.1. The number of carbonyl (C=O) groups is 2. The first-order chi connectivity index (χ1) is 14.7. The predicted octanol–water partition coefficient (Wildman–Crippen LogP) is 4.12. The molecule has 1 spiro atoms. The van der Waals surface area contributed by atoms with Crippen molar-refractivity contribution in [2.75, 3.05) is 10.2 Å². The van der Waals surface area contributed by atoms with E-state index in [2.05, 4.69) is 5.32 Å². The van der Waals surface area contributed by atoms with E-state index in [9.17, 15) is 9.59 Å². The van der Waals surface area contributed by atoms with Crippen molar-refractivity contribution in [3.8, 4) is 0 Å². The number of anilines is 2. The maximum absolute atomic E-state index is 14.1. The van der Waals surface area contributed by atoms with Gasteiger partial charge in [0, 0.05) is 17.3 Å². The third-order valence-corrected chi connectivity index (χ3v) is 6.29. The number of nitrogens with one attached hydrogen (secondary N) is 1. The Bertz CT molecular complexity index is 1170. The number of rotatable bonds is 3. The Hall–Kier alpha value is -3.60. The van der Waals surface area contributed by atoms with Crippen LogP contribution in [0.15, 0.2) is 78.9 Å². The van der Waals surface area contributed by atoms with Crippen LogP contribution in [-0.4, -0.2) is 22.8 Å². The molecular formula is C25H21N3O2. The van der Waals surface area contributed by atoms with Crippen molar-refractivity contribution in [1.29, 1.82) is 0 Å². The van der Waals surface area contributed by atoms with Crippen molar-refractivity contribution in [2.24, 2.45) is 0 Å². The summed E-state index contributed by atoms with van der Waals surface area (Å²) in [6.07, 6.45) is 1.84. The summed E-state index contributed by atoms with van der Waals surface area (Å²) in [5.74, 6) is -0.168. The lowest BCUT2D eigenvalue weighted by molar-refractivity contribution is -0.127. The van der Waals surface area contributed by atoms with Gasteiger partial charge in [0.1, 0.15) is 0 Å². The van der Waals surface area contributed by atoms with Crippen LogP contribution in [0.3, 0.4) is 0 Å². The number of nitrogens with zero attached hydrogens (tertiary/aromatic N) is 2. The molecule has 0 aromatic heterocycles. The van der Waals surface area contributed by atoms with Crippen molar-refractivity contribution in [3.63, 3.8) is 0 Å². The van der Waals surface area contributed by atoms with Gasteiger partial charge in [-0.1, -0.05) is 60.7 Å². The number of amides is 2. The normalized spacial score (nSPS) is 22.1. The number of fused-ring (bicyclic) bond motifs is 3. The first-order valence-electron chi connectivity index (χ1n) is 10.4. The van der Waals surface area contributed by atoms with Gasteiger partial charge in [-0.3, -0.25) is 9.59 Å². The van der Waals surface area contributed by atoms with Gasteiger partial charge in [-0.25, -0.2) is 0 Å². The van der Waals surface area contributed by atoms with E-state index in [-0.39, 0.29) is 17.9 Å². The van der Waals surface area contributed by atoms with Gasteiger partial charge in [-0.2, -0.15) is 0 Å². The summed E-state index contributed by atoms with van der Waals surface area (Å²) in [6.45, 7) is 0.467. The molecule has 1 fully saturated rings. The monoisotopic (exact) mass is 395 g/mol. The molecule has 0 saturated heterocycles. The minimum atomic E-state index is -1.20. The lowest BCUT2D eigenvalue weighted by atomic mass is 9.92. The van der Waals surface area contributed by atoms with E-state index in [0.29, 0.717) is 17.8 Å². The molecule has 5 heteroatoms. The van der Waals surface area contributed by atoms with Crippen molar-refractivity contribution in [2.45, 2.75) is 31.1 Å². The van der Waals surface area contributed by atoms with Crippen LogP contribution < -0.4 is 10.2 Å². The summed E-state index contributed by atoms with van der Waals surface area (Å²) >= 11 is 0. The Morgan fingerprint density at radius 2 is 1.57 bits per heavy atom. The molecule has 148 valence electrons. The molecular weight excluding hydrogens is 374 g/mol. The standard InChI is InChI=1S/C25H21N3O2/c29-23-19-10-4-6-12-21(19)26-25(28(23)18-14-15-18)20-11-5-7-13-22(20)27(24(25)30)16-17-8-2-1-3-9-17/h1-13,18,26H,14-16H2/t25-/m0/s1. The first-order valence-corrected chi connectivity index (χ1v) is 10.4. The molecule has 5 nitrogen and oxygen atoms in total. The first kappa shape index (κ1) is 17.3. The van der Waals surface area contributed by atoms with Crippen LogP contribution >= 0.6 is 0 Å². The number of benzene rings is 3. The Morgan fingerprint density at radius 3 is 2.37 bits per heavy atom. The molecule has 0 bridgehead atoms. The zero-order valence-corrected chi connectivity index (χ0v) is 16.4. The van der Waals surface area contributed by atoms with Crippen molar-refractivity contribution >= 4 is 23.2 Å². The van der Waals surface area contributed by atoms with Crippen LogP contribution in [0.5, 0.6) is 0 Å². The number of carbonyl (C=O) groups excluding carboxylic acids is 2. The molecule has 0 unspecified atom stereocenters. The molecule has 1 aliphatic carbocycles. The molecule has 3 aliphatic rings. The van der Waals surface area contributed by atoms with Crippen molar-refractivity contribution in [1.82, 2.24) is 4.90 Å². The summed E-state index contributed by atoms with van der Waals surface area (Å²) in [4.78, 5) is 31.3. The molecule has 1 saturated carbocycles. The maximum Gasteiger partial charge on any atom is 0.279 e. The smallest absolute Gasteiger partial charge is 0.279 e. The van der Waals surface area contributed by atoms with Gasteiger partial charge in [0.05, 0.1) is 17.8 Å². The van der Waals surface area contributed by atoms with E-state index in [1.807, 2.05) is 88.7 Å². The van der Waals surface area contributed by atoms with E-state index < -0.39 is 5.66 Å². The minimum absolute atomic E-state index is 0.0726. The minimum Gasteiger partial charge on any atom is -0.350 e. The second-order valence-corrected chi connectivity index (χ2v) is 8.18. The van der Waals surface area contributed by atoms with Gasteiger partial charge in [0.25, 0.3) is 11.8 Å². The van der Waals surface area contributed by atoms with Crippen LogP contribution in [0.4, 0.5) is 11.4 Å². The third-order valence-electron chi connectivity index (χ3n) is 6.29. The summed E-state index contributed by atoms with van der Waals surface area (Å²) < 4.78 is 0. The largest absolute Gasteiger partial charge is 0.350 e. The second-order valence-electron chi connectivity index (χ2n) is 8.18. The number of hydrogen-bond donors (Lipinski definition) is 1. The average molecular weight is 395 g/mol. The highest BCUT2D eigenvalue weighted by Crippen LogP contribution is 2.51. The quantitative estimate of drug-likeness (QED) is 0.726. The van der Waals surface area contributed by atoms with Gasteiger partial charge >= 0.3 is 0 Å². The molecule has 3 aromatic rings. The van der Waals surface area contributed by atoms with Crippen LogP contribution in [0.25, 0.3) is 0 Å². The van der Waals surface area contributed by atoms with Gasteiger partial charge in [0.2, 0.25) is 5.66 Å². The highest BCUT2D eigenvalue weighted by atomic mass is 16.2. The lowest BCUT2D eigenvalue weighted by Crippen LogP contribution is -2.63. The van der Waals surface area contributed by atoms with Crippen molar-refractivity contribution in [3.05, 3.63) is 95.6 Å². The Kier molecular flexibility index (Phi) is 3.57. The highest BCUT2D eigenvalue weighted by Gasteiger charge is 2.61. The average Bonchev–Trinajstić information content (AvgIpc) is 3.59. The van der Waals surface area contributed by atoms with Crippen molar-refractivity contribution < 1.29 is 9.59 Å². The third kappa shape index (κ3) is 2.29. The van der Waals surface area contributed by atoms with Crippen LogP contribution in [0, 0.1) is 0 Å². The summed E-state index contributed by atoms with van der Waals surface area (Å²) in [5, 5.41) is 3.51. The second kappa shape index (κ2) is 6.20. The predicted molar refractivity (Wildman–Crippen MR) is 115 cm³/mol. The zero-order chi connectivity index (χ0) is 20.3. The summed E-state index contributed by atoms with van der Waals surface area (Å²) in [6, 6.07) is 25.4.